The lowest BCUT2D eigenvalue weighted by atomic mass is 10.2. The minimum atomic E-state index is -4.05. The highest BCUT2D eigenvalue weighted by Gasteiger charge is 2.26. The first-order chi connectivity index (χ1) is 12.8. The fourth-order valence-corrected chi connectivity index (χ4v) is 4.15. The van der Waals surface area contributed by atoms with E-state index in [2.05, 4.69) is 0 Å². The quantitative estimate of drug-likeness (QED) is 0.619. The van der Waals surface area contributed by atoms with Crippen LogP contribution >= 0.6 is 0 Å². The van der Waals surface area contributed by atoms with Crippen molar-refractivity contribution in [3.8, 4) is 0 Å². The maximum atomic E-state index is 14.0. The fraction of sp³-hybridized carbons (Fsp3) is 0.143. The summed E-state index contributed by atoms with van der Waals surface area (Å²) in [6.07, 6.45) is 0. The highest BCUT2D eigenvalue weighted by molar-refractivity contribution is 7.92. The monoisotopic (exact) mass is 387 g/mol. The lowest BCUT2D eigenvalue weighted by molar-refractivity contribution is 0.584. The van der Waals surface area contributed by atoms with Crippen molar-refractivity contribution < 1.29 is 17.2 Å². The number of benzene rings is 3. The highest BCUT2D eigenvalue weighted by Crippen LogP contribution is 2.27. The van der Waals surface area contributed by atoms with Gasteiger partial charge in [-0.25, -0.2) is 17.2 Å². The van der Waals surface area contributed by atoms with Crippen molar-refractivity contribution in [2.24, 2.45) is 0 Å². The van der Waals surface area contributed by atoms with Crippen LogP contribution in [-0.4, -0.2) is 8.42 Å². The molecule has 140 valence electrons. The zero-order valence-electron chi connectivity index (χ0n) is 15.0. The number of aryl methyl sites for hydroxylation is 2. The van der Waals surface area contributed by atoms with Crippen LogP contribution in [0.3, 0.4) is 0 Å². The standard InChI is InChI=1S/C21H19F2NO2S/c1-15-6-9-19(10-7-15)24(14-17-4-3-5-18(22)12-17)27(25,26)20-11-8-16(2)21(23)13-20/h3-13H,14H2,1-2H3. The van der Waals surface area contributed by atoms with E-state index in [0.717, 1.165) is 15.9 Å². The topological polar surface area (TPSA) is 37.4 Å². The van der Waals surface area contributed by atoms with E-state index in [9.17, 15) is 17.2 Å². The maximum absolute atomic E-state index is 14.0. The summed E-state index contributed by atoms with van der Waals surface area (Å²) < 4.78 is 55.2. The van der Waals surface area contributed by atoms with Crippen LogP contribution in [-0.2, 0) is 16.6 Å². The van der Waals surface area contributed by atoms with E-state index in [0.29, 0.717) is 16.8 Å². The van der Waals surface area contributed by atoms with Gasteiger partial charge in [0.05, 0.1) is 17.1 Å². The molecule has 3 aromatic carbocycles. The molecule has 0 unspecified atom stereocenters. The molecule has 0 saturated heterocycles. The predicted molar refractivity (Wildman–Crippen MR) is 102 cm³/mol. The van der Waals surface area contributed by atoms with Crippen molar-refractivity contribution in [2.45, 2.75) is 25.3 Å². The first-order valence-corrected chi connectivity index (χ1v) is 9.81. The lowest BCUT2D eigenvalue weighted by Gasteiger charge is -2.25. The number of halogens is 2. The molecule has 0 N–H and O–H groups in total. The van der Waals surface area contributed by atoms with Gasteiger partial charge in [-0.15, -0.1) is 0 Å². The van der Waals surface area contributed by atoms with E-state index in [4.69, 9.17) is 0 Å². The Morgan fingerprint density at radius 1 is 0.889 bits per heavy atom. The summed E-state index contributed by atoms with van der Waals surface area (Å²) in [5, 5.41) is 0. The predicted octanol–water partition coefficient (Wildman–Crippen LogP) is 4.98. The number of hydrogen-bond donors (Lipinski definition) is 0. The summed E-state index contributed by atoms with van der Waals surface area (Å²) in [6, 6.07) is 16.5. The number of anilines is 1. The van der Waals surface area contributed by atoms with Crippen molar-refractivity contribution in [2.75, 3.05) is 4.31 Å². The van der Waals surface area contributed by atoms with Gasteiger partial charge in [0.15, 0.2) is 0 Å². The molecule has 0 amide bonds. The molecule has 3 nitrogen and oxygen atoms in total. The number of hydrogen-bond acceptors (Lipinski definition) is 2. The molecule has 0 fully saturated rings. The summed E-state index contributed by atoms with van der Waals surface area (Å²) in [5.41, 5.74) is 2.25. The number of sulfonamides is 1. The molecular weight excluding hydrogens is 368 g/mol. The van der Waals surface area contributed by atoms with E-state index >= 15 is 0 Å². The molecule has 0 bridgehead atoms. The third kappa shape index (κ3) is 4.17. The van der Waals surface area contributed by atoms with Gasteiger partial charge in [-0.05, 0) is 61.4 Å². The van der Waals surface area contributed by atoms with Crippen LogP contribution in [0.25, 0.3) is 0 Å². The SMILES string of the molecule is Cc1ccc(N(Cc2cccc(F)c2)S(=O)(=O)c2ccc(C)c(F)c2)cc1. The van der Waals surface area contributed by atoms with Gasteiger partial charge in [0, 0.05) is 0 Å². The van der Waals surface area contributed by atoms with Gasteiger partial charge in [0.25, 0.3) is 10.0 Å². The summed E-state index contributed by atoms with van der Waals surface area (Å²) in [7, 11) is -4.05. The normalized spacial score (nSPS) is 11.4. The Hall–Kier alpha value is -2.73. The minimum absolute atomic E-state index is 0.0708. The molecular formula is C21H19F2NO2S. The molecule has 3 aromatic rings. The van der Waals surface area contributed by atoms with Gasteiger partial charge in [0.2, 0.25) is 0 Å². The van der Waals surface area contributed by atoms with Gasteiger partial charge in [-0.3, -0.25) is 4.31 Å². The van der Waals surface area contributed by atoms with Crippen molar-refractivity contribution in [1.82, 2.24) is 0 Å². The molecule has 0 aliphatic carbocycles. The Morgan fingerprint density at radius 3 is 2.22 bits per heavy atom. The zero-order valence-corrected chi connectivity index (χ0v) is 15.8. The van der Waals surface area contributed by atoms with Crippen molar-refractivity contribution in [3.05, 3.63) is 95.1 Å². The second kappa shape index (κ2) is 7.48. The average molecular weight is 387 g/mol. The van der Waals surface area contributed by atoms with Crippen molar-refractivity contribution in [3.63, 3.8) is 0 Å². The molecule has 0 spiro atoms. The van der Waals surface area contributed by atoms with E-state index in [1.165, 1.54) is 30.3 Å². The van der Waals surface area contributed by atoms with Gasteiger partial charge in [0.1, 0.15) is 11.6 Å². The van der Waals surface area contributed by atoms with Crippen LogP contribution in [0.5, 0.6) is 0 Å². The van der Waals surface area contributed by atoms with Gasteiger partial charge in [-0.2, -0.15) is 0 Å². The van der Waals surface area contributed by atoms with E-state index in [1.54, 1.807) is 37.3 Å². The molecule has 0 heterocycles. The second-order valence-corrected chi connectivity index (χ2v) is 8.25. The third-order valence-corrected chi connectivity index (χ3v) is 6.04. The summed E-state index contributed by atoms with van der Waals surface area (Å²) in [6.45, 7) is 3.39. The van der Waals surface area contributed by atoms with Gasteiger partial charge >= 0.3 is 0 Å². The van der Waals surface area contributed by atoms with Crippen molar-refractivity contribution in [1.29, 1.82) is 0 Å². The van der Waals surface area contributed by atoms with E-state index in [1.807, 2.05) is 6.92 Å². The number of rotatable bonds is 5. The second-order valence-electron chi connectivity index (χ2n) is 6.39. The summed E-state index contributed by atoms with van der Waals surface area (Å²) >= 11 is 0. The van der Waals surface area contributed by atoms with Crippen LogP contribution in [0.15, 0.2) is 71.6 Å². The first-order valence-electron chi connectivity index (χ1n) is 8.37. The largest absolute Gasteiger partial charge is 0.264 e. The molecule has 0 atom stereocenters. The van der Waals surface area contributed by atoms with E-state index in [-0.39, 0.29) is 11.4 Å². The maximum Gasteiger partial charge on any atom is 0.264 e. The Morgan fingerprint density at radius 2 is 1.59 bits per heavy atom. The Balaban J connectivity index is 2.10. The Labute approximate surface area is 157 Å². The zero-order chi connectivity index (χ0) is 19.6. The fourth-order valence-electron chi connectivity index (χ4n) is 2.69. The van der Waals surface area contributed by atoms with Gasteiger partial charge in [-0.1, -0.05) is 35.9 Å². The van der Waals surface area contributed by atoms with E-state index < -0.39 is 21.7 Å². The third-order valence-electron chi connectivity index (χ3n) is 4.27. The van der Waals surface area contributed by atoms with Crippen LogP contribution in [0.2, 0.25) is 0 Å². The molecule has 3 rings (SSSR count). The molecule has 0 saturated carbocycles. The van der Waals surface area contributed by atoms with Crippen molar-refractivity contribution >= 4 is 15.7 Å². The summed E-state index contributed by atoms with van der Waals surface area (Å²) in [5.74, 6) is -1.04. The van der Waals surface area contributed by atoms with Crippen LogP contribution in [0, 0.1) is 25.5 Å². The highest BCUT2D eigenvalue weighted by atomic mass is 32.2. The van der Waals surface area contributed by atoms with Gasteiger partial charge < -0.3 is 0 Å². The minimum Gasteiger partial charge on any atom is -0.262 e. The summed E-state index contributed by atoms with van der Waals surface area (Å²) in [4.78, 5) is -0.150. The molecule has 6 heteroatoms. The first kappa shape index (κ1) is 19.0. The van der Waals surface area contributed by atoms with Crippen LogP contribution < -0.4 is 4.31 Å². The average Bonchev–Trinajstić information content (AvgIpc) is 2.63. The molecule has 0 aromatic heterocycles. The lowest BCUT2D eigenvalue weighted by Crippen LogP contribution is -2.30. The molecule has 0 aliphatic heterocycles. The number of nitrogens with zero attached hydrogens (tertiary/aromatic N) is 1. The van der Waals surface area contributed by atoms with Crippen LogP contribution in [0.4, 0.5) is 14.5 Å². The smallest absolute Gasteiger partial charge is 0.262 e. The Kier molecular flexibility index (Phi) is 5.28. The van der Waals surface area contributed by atoms with Crippen LogP contribution in [0.1, 0.15) is 16.7 Å². The molecule has 0 radical (unpaired) electrons. The molecule has 27 heavy (non-hydrogen) atoms. The Bertz CT molecular complexity index is 1060. The molecule has 0 aliphatic rings.